The number of pyridine rings is 1. The fourth-order valence-corrected chi connectivity index (χ4v) is 4.93. The summed E-state index contributed by atoms with van der Waals surface area (Å²) >= 11 is 12.5. The lowest BCUT2D eigenvalue weighted by Gasteiger charge is -2.34. The highest BCUT2D eigenvalue weighted by molar-refractivity contribution is 6.31. The van der Waals surface area contributed by atoms with Crippen LogP contribution in [0.15, 0.2) is 91.5 Å². The van der Waals surface area contributed by atoms with E-state index < -0.39 is 11.5 Å². The maximum atomic E-state index is 13.9. The molecule has 0 saturated heterocycles. The van der Waals surface area contributed by atoms with E-state index in [0.717, 1.165) is 16.5 Å². The first kappa shape index (κ1) is 24.8. The van der Waals surface area contributed by atoms with Crippen molar-refractivity contribution < 1.29 is 14.3 Å². The molecular weight excluding hydrogens is 509 g/mol. The highest BCUT2D eigenvalue weighted by Crippen LogP contribution is 2.40. The van der Waals surface area contributed by atoms with Gasteiger partial charge in [0, 0.05) is 33.9 Å². The Bertz CT molecular complexity index is 1570. The molecule has 0 amide bonds. The lowest BCUT2D eigenvalue weighted by atomic mass is 9.81. The molecule has 0 bridgehead atoms. The Hall–Kier alpha value is -3.87. The predicted octanol–water partition coefficient (Wildman–Crippen LogP) is 6.77. The Morgan fingerprint density at radius 3 is 2.43 bits per heavy atom. The van der Waals surface area contributed by atoms with Crippen molar-refractivity contribution in [3.63, 3.8) is 0 Å². The fraction of sp³-hybridized carbons (Fsp3) is 0.138. The van der Waals surface area contributed by atoms with E-state index in [-0.39, 0.29) is 6.61 Å². The molecule has 0 fully saturated rings. The standard InChI is InChI=1S/C29H23Cl2N3O3/c1-3-37-28(35)29(34-14-13-32-18-34,20-7-10-22(30)11-8-20)21-9-12-26-25(16-21)24(17-27(33-26)36-2)19-5-4-6-23(31)15-19/h4-18H,3H2,1-2H3. The maximum Gasteiger partial charge on any atom is 0.341 e. The molecule has 1 unspecified atom stereocenters. The van der Waals surface area contributed by atoms with Gasteiger partial charge in [0.25, 0.3) is 0 Å². The second-order valence-electron chi connectivity index (χ2n) is 8.36. The third kappa shape index (κ3) is 4.43. The largest absolute Gasteiger partial charge is 0.481 e. The number of aromatic nitrogens is 3. The first-order chi connectivity index (χ1) is 18.0. The number of methoxy groups -OCH3 is 1. The van der Waals surface area contributed by atoms with Crippen molar-refractivity contribution in [2.24, 2.45) is 0 Å². The van der Waals surface area contributed by atoms with Crippen LogP contribution >= 0.6 is 23.2 Å². The molecule has 1 atom stereocenters. The van der Waals surface area contributed by atoms with Crippen LogP contribution in [0.2, 0.25) is 10.0 Å². The van der Waals surface area contributed by atoms with Gasteiger partial charge in [0.15, 0.2) is 5.54 Å². The summed E-state index contributed by atoms with van der Waals surface area (Å²) in [6, 6.07) is 22.3. The first-order valence-electron chi connectivity index (χ1n) is 11.6. The first-order valence-corrected chi connectivity index (χ1v) is 12.4. The summed E-state index contributed by atoms with van der Waals surface area (Å²) in [5.41, 5.74) is 2.46. The molecule has 186 valence electrons. The van der Waals surface area contributed by atoms with Crippen molar-refractivity contribution in [3.05, 3.63) is 113 Å². The van der Waals surface area contributed by atoms with E-state index in [0.29, 0.717) is 32.6 Å². The normalized spacial score (nSPS) is 12.8. The number of carbonyl (C=O) groups is 1. The van der Waals surface area contributed by atoms with Crippen molar-refractivity contribution >= 4 is 40.1 Å². The van der Waals surface area contributed by atoms with Crippen LogP contribution in [-0.4, -0.2) is 34.2 Å². The number of carbonyl (C=O) groups excluding carboxylic acids is 1. The molecule has 5 aromatic rings. The lowest BCUT2D eigenvalue weighted by Crippen LogP contribution is -2.45. The van der Waals surface area contributed by atoms with Crippen LogP contribution in [0.1, 0.15) is 18.1 Å². The maximum absolute atomic E-state index is 13.9. The van der Waals surface area contributed by atoms with Crippen LogP contribution in [0.4, 0.5) is 0 Å². The molecule has 0 N–H and O–H groups in total. The summed E-state index contributed by atoms with van der Waals surface area (Å²) in [6.07, 6.45) is 4.99. The van der Waals surface area contributed by atoms with Gasteiger partial charge in [0.2, 0.25) is 5.88 Å². The van der Waals surface area contributed by atoms with Gasteiger partial charge >= 0.3 is 5.97 Å². The third-order valence-electron chi connectivity index (χ3n) is 6.27. The molecule has 5 rings (SSSR count). The minimum Gasteiger partial charge on any atom is -0.481 e. The number of halogens is 2. The molecule has 6 nitrogen and oxygen atoms in total. The summed E-state index contributed by atoms with van der Waals surface area (Å²) in [4.78, 5) is 22.8. The van der Waals surface area contributed by atoms with Crippen LogP contribution in [0.5, 0.6) is 5.88 Å². The van der Waals surface area contributed by atoms with Crippen LogP contribution in [0.25, 0.3) is 22.0 Å². The molecule has 0 spiro atoms. The van der Waals surface area contributed by atoms with Gasteiger partial charge in [-0.25, -0.2) is 14.8 Å². The van der Waals surface area contributed by atoms with Gasteiger partial charge < -0.3 is 14.0 Å². The molecule has 8 heteroatoms. The van der Waals surface area contributed by atoms with Crippen LogP contribution in [-0.2, 0) is 15.1 Å². The van der Waals surface area contributed by atoms with Crippen molar-refractivity contribution in [2.75, 3.05) is 13.7 Å². The lowest BCUT2D eigenvalue weighted by molar-refractivity contribution is -0.149. The van der Waals surface area contributed by atoms with Crippen LogP contribution < -0.4 is 4.74 Å². The van der Waals surface area contributed by atoms with Crippen molar-refractivity contribution in [2.45, 2.75) is 12.5 Å². The zero-order valence-electron chi connectivity index (χ0n) is 20.2. The average Bonchev–Trinajstić information content (AvgIpc) is 3.45. The molecule has 0 aliphatic rings. The summed E-state index contributed by atoms with van der Waals surface area (Å²) in [5, 5.41) is 1.99. The number of esters is 1. The molecule has 2 aromatic heterocycles. The zero-order valence-corrected chi connectivity index (χ0v) is 21.7. The quantitative estimate of drug-likeness (QED) is 0.217. The van der Waals surface area contributed by atoms with Gasteiger partial charge in [-0.1, -0.05) is 53.5 Å². The van der Waals surface area contributed by atoms with E-state index in [4.69, 9.17) is 32.7 Å². The van der Waals surface area contributed by atoms with E-state index >= 15 is 0 Å². The van der Waals surface area contributed by atoms with E-state index in [9.17, 15) is 4.79 Å². The Morgan fingerprint density at radius 2 is 1.76 bits per heavy atom. The number of rotatable bonds is 7. The molecule has 37 heavy (non-hydrogen) atoms. The number of imidazole rings is 1. The Balaban J connectivity index is 1.86. The topological polar surface area (TPSA) is 66.2 Å². The number of benzene rings is 3. The van der Waals surface area contributed by atoms with Crippen molar-refractivity contribution in [3.8, 4) is 17.0 Å². The molecular formula is C29H23Cl2N3O3. The molecule has 0 aliphatic carbocycles. The third-order valence-corrected chi connectivity index (χ3v) is 6.76. The molecule has 0 saturated carbocycles. The van der Waals surface area contributed by atoms with Gasteiger partial charge in [0.05, 0.1) is 25.6 Å². The zero-order chi connectivity index (χ0) is 26.0. The number of fused-ring (bicyclic) bond motifs is 1. The second kappa shape index (κ2) is 10.2. The van der Waals surface area contributed by atoms with E-state index in [2.05, 4.69) is 9.97 Å². The fourth-order valence-electron chi connectivity index (χ4n) is 4.62. The van der Waals surface area contributed by atoms with Crippen molar-refractivity contribution in [1.29, 1.82) is 0 Å². The molecule has 2 heterocycles. The smallest absolute Gasteiger partial charge is 0.341 e. The van der Waals surface area contributed by atoms with E-state index in [1.165, 1.54) is 0 Å². The Kier molecular flexibility index (Phi) is 6.87. The van der Waals surface area contributed by atoms with E-state index in [1.54, 1.807) is 49.5 Å². The minimum atomic E-state index is -1.36. The SMILES string of the molecule is CCOC(=O)C(c1ccc(Cl)cc1)(c1ccc2nc(OC)cc(-c3cccc(Cl)c3)c2c1)n1ccnc1. The molecule has 3 aromatic carbocycles. The van der Waals surface area contributed by atoms with Gasteiger partial charge in [-0.3, -0.25) is 0 Å². The highest BCUT2D eigenvalue weighted by atomic mass is 35.5. The highest BCUT2D eigenvalue weighted by Gasteiger charge is 2.45. The average molecular weight is 532 g/mol. The number of hydrogen-bond acceptors (Lipinski definition) is 5. The molecule has 0 radical (unpaired) electrons. The van der Waals surface area contributed by atoms with Crippen LogP contribution in [0.3, 0.4) is 0 Å². The number of ether oxygens (including phenoxy) is 2. The van der Waals surface area contributed by atoms with Gasteiger partial charge in [-0.15, -0.1) is 0 Å². The van der Waals surface area contributed by atoms with Gasteiger partial charge in [0.1, 0.15) is 0 Å². The number of nitrogens with zero attached hydrogens (tertiary/aromatic N) is 3. The van der Waals surface area contributed by atoms with Gasteiger partial charge in [-0.2, -0.15) is 0 Å². The molecule has 0 aliphatic heterocycles. The number of hydrogen-bond donors (Lipinski definition) is 0. The van der Waals surface area contributed by atoms with Gasteiger partial charge in [-0.05, 0) is 65.6 Å². The second-order valence-corrected chi connectivity index (χ2v) is 9.24. The predicted molar refractivity (Wildman–Crippen MR) is 145 cm³/mol. The van der Waals surface area contributed by atoms with Crippen molar-refractivity contribution in [1.82, 2.24) is 14.5 Å². The summed E-state index contributed by atoms with van der Waals surface area (Å²) in [7, 11) is 1.58. The Morgan fingerprint density at radius 1 is 0.973 bits per heavy atom. The monoisotopic (exact) mass is 531 g/mol. The minimum absolute atomic E-state index is 0.211. The summed E-state index contributed by atoms with van der Waals surface area (Å²) in [6.45, 7) is 2.00. The summed E-state index contributed by atoms with van der Waals surface area (Å²) in [5.74, 6) is 0.0274. The van der Waals surface area contributed by atoms with Crippen LogP contribution in [0, 0.1) is 0 Å². The summed E-state index contributed by atoms with van der Waals surface area (Å²) < 4.78 is 12.9. The Labute approximate surface area is 224 Å². The van der Waals surface area contributed by atoms with E-state index in [1.807, 2.05) is 60.7 Å².